The van der Waals surface area contributed by atoms with E-state index in [1.165, 1.54) is 11.1 Å². The summed E-state index contributed by atoms with van der Waals surface area (Å²) in [7, 11) is 0. The van der Waals surface area contributed by atoms with Gasteiger partial charge in [-0.25, -0.2) is 0 Å². The van der Waals surface area contributed by atoms with Gasteiger partial charge < -0.3 is 0 Å². The first-order valence-corrected chi connectivity index (χ1v) is 5.90. The number of ketones is 1. The number of carbonyl (C=O) groups excluding carboxylic acids is 1. The maximum Gasteiger partial charge on any atom is 0.138 e. The Morgan fingerprint density at radius 3 is 2.12 bits per heavy atom. The first-order chi connectivity index (χ1) is 7.30. The van der Waals surface area contributed by atoms with E-state index < -0.39 is 0 Å². The number of benzene rings is 1. The molecule has 0 saturated carbocycles. The Bertz CT molecular complexity index is 354. The van der Waals surface area contributed by atoms with E-state index in [4.69, 9.17) is 0 Å². The fourth-order valence-corrected chi connectivity index (χ4v) is 1.60. The molecule has 0 heterocycles. The second-order valence-electron chi connectivity index (χ2n) is 5.69. The average Bonchev–Trinajstić information content (AvgIpc) is 2.17. The van der Waals surface area contributed by atoms with Crippen LogP contribution in [-0.2, 0) is 4.79 Å². The van der Waals surface area contributed by atoms with Crippen LogP contribution < -0.4 is 0 Å². The summed E-state index contributed by atoms with van der Waals surface area (Å²) >= 11 is 0. The van der Waals surface area contributed by atoms with Gasteiger partial charge in [0, 0.05) is 11.8 Å². The largest absolute Gasteiger partial charge is 0.299 e. The molecule has 0 amide bonds. The minimum Gasteiger partial charge on any atom is -0.299 e. The van der Waals surface area contributed by atoms with Crippen molar-refractivity contribution in [1.29, 1.82) is 0 Å². The van der Waals surface area contributed by atoms with Gasteiger partial charge in [-0.2, -0.15) is 0 Å². The second-order valence-corrected chi connectivity index (χ2v) is 5.69. The van der Waals surface area contributed by atoms with Crippen molar-refractivity contribution >= 4 is 5.78 Å². The van der Waals surface area contributed by atoms with Crippen LogP contribution in [0.5, 0.6) is 0 Å². The van der Waals surface area contributed by atoms with E-state index in [0.717, 1.165) is 0 Å². The first kappa shape index (κ1) is 13.0. The second kappa shape index (κ2) is 4.82. The zero-order chi connectivity index (χ0) is 12.3. The molecule has 0 aliphatic carbocycles. The number of hydrogen-bond acceptors (Lipinski definition) is 1. The molecule has 0 radical (unpaired) electrons. The SMILES string of the molecule is Cc1ccc([C@H](C)CC(=O)C(C)(C)C)cc1. The van der Waals surface area contributed by atoms with Crippen LogP contribution in [0.15, 0.2) is 24.3 Å². The van der Waals surface area contributed by atoms with Crippen LogP contribution >= 0.6 is 0 Å². The number of carbonyl (C=O) groups is 1. The molecule has 0 N–H and O–H groups in total. The molecular weight excluding hydrogens is 196 g/mol. The molecule has 88 valence electrons. The van der Waals surface area contributed by atoms with Crippen LogP contribution in [0.25, 0.3) is 0 Å². The molecule has 0 unspecified atom stereocenters. The zero-order valence-corrected chi connectivity index (χ0v) is 11.0. The van der Waals surface area contributed by atoms with Crippen molar-refractivity contribution in [3.63, 3.8) is 0 Å². The summed E-state index contributed by atoms with van der Waals surface area (Å²) in [6, 6.07) is 8.45. The third kappa shape index (κ3) is 3.48. The minimum absolute atomic E-state index is 0.223. The van der Waals surface area contributed by atoms with E-state index in [0.29, 0.717) is 18.1 Å². The lowest BCUT2D eigenvalue weighted by molar-refractivity contribution is -0.126. The maximum absolute atomic E-state index is 11.9. The molecule has 1 rings (SSSR count). The van der Waals surface area contributed by atoms with Crippen molar-refractivity contribution in [1.82, 2.24) is 0 Å². The predicted octanol–water partition coefficient (Wildman–Crippen LogP) is 4.10. The van der Waals surface area contributed by atoms with Gasteiger partial charge >= 0.3 is 0 Å². The standard InChI is InChI=1S/C15H22O/c1-11-6-8-13(9-7-11)12(2)10-14(16)15(3,4)5/h6-9,12H,10H2,1-5H3/t12-/m1/s1. The highest BCUT2D eigenvalue weighted by Crippen LogP contribution is 2.25. The highest BCUT2D eigenvalue weighted by Gasteiger charge is 2.23. The van der Waals surface area contributed by atoms with Crippen molar-refractivity contribution in [3.8, 4) is 0 Å². The fourth-order valence-electron chi connectivity index (χ4n) is 1.60. The van der Waals surface area contributed by atoms with Crippen molar-refractivity contribution < 1.29 is 4.79 Å². The minimum atomic E-state index is -0.223. The van der Waals surface area contributed by atoms with Crippen LogP contribution in [0.1, 0.15) is 51.2 Å². The molecule has 0 aromatic heterocycles. The third-order valence-corrected chi connectivity index (χ3v) is 2.97. The molecule has 0 aliphatic rings. The van der Waals surface area contributed by atoms with Gasteiger partial charge in [0.15, 0.2) is 0 Å². The maximum atomic E-state index is 11.9. The molecule has 0 spiro atoms. The summed E-state index contributed by atoms with van der Waals surface area (Å²) in [6.45, 7) is 10.1. The highest BCUT2D eigenvalue weighted by molar-refractivity contribution is 5.84. The first-order valence-electron chi connectivity index (χ1n) is 5.90. The zero-order valence-electron chi connectivity index (χ0n) is 11.0. The number of aryl methyl sites for hydroxylation is 1. The Labute approximate surface area is 98.9 Å². The van der Waals surface area contributed by atoms with E-state index in [2.05, 4.69) is 38.1 Å². The lowest BCUT2D eigenvalue weighted by Gasteiger charge is -2.20. The molecule has 0 bridgehead atoms. The topological polar surface area (TPSA) is 17.1 Å². The monoisotopic (exact) mass is 218 g/mol. The number of rotatable bonds is 3. The van der Waals surface area contributed by atoms with Gasteiger partial charge in [-0.3, -0.25) is 4.79 Å². The van der Waals surface area contributed by atoms with Crippen LogP contribution in [0.4, 0.5) is 0 Å². The van der Waals surface area contributed by atoms with E-state index in [1.54, 1.807) is 0 Å². The third-order valence-electron chi connectivity index (χ3n) is 2.97. The van der Waals surface area contributed by atoms with E-state index >= 15 is 0 Å². The van der Waals surface area contributed by atoms with Crippen molar-refractivity contribution in [2.45, 2.75) is 47.0 Å². The van der Waals surface area contributed by atoms with Gasteiger partial charge in [-0.1, -0.05) is 57.5 Å². The Hall–Kier alpha value is -1.11. The molecule has 0 fully saturated rings. The Balaban J connectivity index is 2.69. The van der Waals surface area contributed by atoms with Crippen molar-refractivity contribution in [3.05, 3.63) is 35.4 Å². The van der Waals surface area contributed by atoms with Crippen LogP contribution in [0.3, 0.4) is 0 Å². The molecule has 1 atom stereocenters. The number of hydrogen-bond donors (Lipinski definition) is 0. The molecule has 1 nitrogen and oxygen atoms in total. The summed E-state index contributed by atoms with van der Waals surface area (Å²) in [5, 5.41) is 0. The van der Waals surface area contributed by atoms with Gasteiger partial charge in [0.1, 0.15) is 5.78 Å². The normalized spacial score (nSPS) is 13.6. The quantitative estimate of drug-likeness (QED) is 0.746. The lowest BCUT2D eigenvalue weighted by atomic mass is 9.83. The van der Waals surface area contributed by atoms with Crippen molar-refractivity contribution in [2.24, 2.45) is 5.41 Å². The van der Waals surface area contributed by atoms with Crippen LogP contribution in [0.2, 0.25) is 0 Å². The summed E-state index contributed by atoms with van der Waals surface area (Å²) < 4.78 is 0. The van der Waals surface area contributed by atoms with E-state index in [9.17, 15) is 4.79 Å². The molecule has 0 aliphatic heterocycles. The van der Waals surface area contributed by atoms with E-state index in [1.807, 2.05) is 20.8 Å². The fraction of sp³-hybridized carbons (Fsp3) is 0.533. The Morgan fingerprint density at radius 1 is 1.19 bits per heavy atom. The van der Waals surface area contributed by atoms with E-state index in [-0.39, 0.29) is 5.41 Å². The van der Waals surface area contributed by atoms with Gasteiger partial charge in [0.05, 0.1) is 0 Å². The van der Waals surface area contributed by atoms with Gasteiger partial charge in [0.2, 0.25) is 0 Å². The summed E-state index contributed by atoms with van der Waals surface area (Å²) in [4.78, 5) is 11.9. The molecule has 1 heteroatoms. The van der Waals surface area contributed by atoms with Gasteiger partial charge in [0.25, 0.3) is 0 Å². The smallest absolute Gasteiger partial charge is 0.138 e. The molecule has 1 aromatic rings. The summed E-state index contributed by atoms with van der Waals surface area (Å²) in [6.07, 6.45) is 0.632. The summed E-state index contributed by atoms with van der Waals surface area (Å²) in [5.74, 6) is 0.646. The van der Waals surface area contributed by atoms with Crippen molar-refractivity contribution in [2.75, 3.05) is 0 Å². The Morgan fingerprint density at radius 2 is 1.69 bits per heavy atom. The summed E-state index contributed by atoms with van der Waals surface area (Å²) in [5.41, 5.74) is 2.29. The van der Waals surface area contributed by atoms with Gasteiger partial charge in [-0.15, -0.1) is 0 Å². The van der Waals surface area contributed by atoms with Crippen LogP contribution in [0, 0.1) is 12.3 Å². The predicted molar refractivity (Wildman–Crippen MR) is 68.7 cm³/mol. The lowest BCUT2D eigenvalue weighted by Crippen LogP contribution is -2.21. The molecule has 16 heavy (non-hydrogen) atoms. The number of Topliss-reactive ketones (excluding diaryl/α,β-unsaturated/α-hetero) is 1. The Kier molecular flexibility index (Phi) is 3.90. The molecular formula is C15H22O. The molecule has 0 saturated heterocycles. The highest BCUT2D eigenvalue weighted by atomic mass is 16.1. The molecule has 1 aromatic carbocycles. The van der Waals surface area contributed by atoms with Gasteiger partial charge in [-0.05, 0) is 18.4 Å². The average molecular weight is 218 g/mol. The van der Waals surface area contributed by atoms with Crippen LogP contribution in [-0.4, -0.2) is 5.78 Å².